The van der Waals surface area contributed by atoms with Crippen molar-refractivity contribution >= 4 is 0 Å². The highest BCUT2D eigenvalue weighted by molar-refractivity contribution is 5.40. The third-order valence-corrected chi connectivity index (χ3v) is 3.09. The van der Waals surface area contributed by atoms with Crippen LogP contribution in [0, 0.1) is 5.92 Å². The van der Waals surface area contributed by atoms with E-state index in [1.165, 1.54) is 0 Å². The van der Waals surface area contributed by atoms with Gasteiger partial charge in [0.25, 0.3) is 0 Å². The zero-order valence-electron chi connectivity index (χ0n) is 12.9. The van der Waals surface area contributed by atoms with Crippen molar-refractivity contribution in [3.8, 4) is 11.6 Å². The third-order valence-electron chi connectivity index (χ3n) is 3.09. The Morgan fingerprint density at radius 2 is 1.95 bits per heavy atom. The summed E-state index contributed by atoms with van der Waals surface area (Å²) >= 11 is 0. The molecule has 21 heavy (non-hydrogen) atoms. The SMILES string of the molecule is CCCNC(Cc1nc(-c2ncccn2)no1)CC(C)C. The van der Waals surface area contributed by atoms with Crippen LogP contribution < -0.4 is 5.32 Å². The van der Waals surface area contributed by atoms with Crippen molar-refractivity contribution in [1.82, 2.24) is 25.4 Å². The quantitative estimate of drug-likeness (QED) is 0.804. The molecule has 1 atom stereocenters. The van der Waals surface area contributed by atoms with Gasteiger partial charge in [-0.1, -0.05) is 25.9 Å². The van der Waals surface area contributed by atoms with Crippen LogP contribution in [-0.4, -0.2) is 32.7 Å². The molecule has 0 spiro atoms. The van der Waals surface area contributed by atoms with E-state index in [1.807, 2.05) is 0 Å². The van der Waals surface area contributed by atoms with Crippen LogP contribution in [0.4, 0.5) is 0 Å². The van der Waals surface area contributed by atoms with E-state index in [0.29, 0.717) is 29.5 Å². The predicted molar refractivity (Wildman–Crippen MR) is 80.6 cm³/mol. The van der Waals surface area contributed by atoms with E-state index < -0.39 is 0 Å². The molecule has 6 heteroatoms. The first-order valence-corrected chi connectivity index (χ1v) is 7.52. The summed E-state index contributed by atoms with van der Waals surface area (Å²) in [5, 5.41) is 7.50. The molecule has 0 aliphatic rings. The van der Waals surface area contributed by atoms with Gasteiger partial charge in [0, 0.05) is 24.9 Å². The van der Waals surface area contributed by atoms with Gasteiger partial charge >= 0.3 is 0 Å². The molecule has 1 unspecified atom stereocenters. The number of hydrogen-bond acceptors (Lipinski definition) is 6. The summed E-state index contributed by atoms with van der Waals surface area (Å²) in [7, 11) is 0. The van der Waals surface area contributed by atoms with Gasteiger partial charge < -0.3 is 9.84 Å². The second-order valence-corrected chi connectivity index (χ2v) is 5.57. The van der Waals surface area contributed by atoms with E-state index in [1.54, 1.807) is 18.5 Å². The molecule has 0 radical (unpaired) electrons. The minimum atomic E-state index is 0.356. The van der Waals surface area contributed by atoms with Crippen LogP contribution in [0.5, 0.6) is 0 Å². The molecule has 114 valence electrons. The van der Waals surface area contributed by atoms with Crippen LogP contribution in [0.1, 0.15) is 39.5 Å². The van der Waals surface area contributed by atoms with Crippen LogP contribution in [-0.2, 0) is 6.42 Å². The molecule has 2 aromatic rings. The topological polar surface area (TPSA) is 76.7 Å². The molecule has 2 rings (SSSR count). The van der Waals surface area contributed by atoms with Crippen molar-refractivity contribution in [1.29, 1.82) is 0 Å². The molecule has 1 N–H and O–H groups in total. The van der Waals surface area contributed by atoms with Crippen LogP contribution in [0.2, 0.25) is 0 Å². The Morgan fingerprint density at radius 3 is 2.62 bits per heavy atom. The van der Waals surface area contributed by atoms with Crippen molar-refractivity contribution in [2.24, 2.45) is 5.92 Å². The Kier molecular flexibility index (Phi) is 5.80. The van der Waals surface area contributed by atoms with Gasteiger partial charge in [-0.2, -0.15) is 4.98 Å². The van der Waals surface area contributed by atoms with Gasteiger partial charge in [0.2, 0.25) is 17.5 Å². The molecular formula is C15H23N5O. The Morgan fingerprint density at radius 1 is 1.19 bits per heavy atom. The average molecular weight is 289 g/mol. The van der Waals surface area contributed by atoms with E-state index in [4.69, 9.17) is 4.52 Å². The molecule has 0 aromatic carbocycles. The lowest BCUT2D eigenvalue weighted by molar-refractivity contribution is 0.338. The highest BCUT2D eigenvalue weighted by Crippen LogP contribution is 2.13. The highest BCUT2D eigenvalue weighted by Gasteiger charge is 2.17. The molecule has 2 aromatic heterocycles. The number of aromatic nitrogens is 4. The molecule has 0 amide bonds. The minimum Gasteiger partial charge on any atom is -0.339 e. The normalized spacial score (nSPS) is 12.8. The first-order chi connectivity index (χ1) is 10.2. The summed E-state index contributed by atoms with van der Waals surface area (Å²) in [6, 6.07) is 2.12. The van der Waals surface area contributed by atoms with Gasteiger partial charge in [0.15, 0.2) is 0 Å². The third kappa shape index (κ3) is 4.90. The summed E-state index contributed by atoms with van der Waals surface area (Å²) in [4.78, 5) is 12.6. The fraction of sp³-hybridized carbons (Fsp3) is 0.600. The van der Waals surface area contributed by atoms with Crippen molar-refractivity contribution in [3.63, 3.8) is 0 Å². The van der Waals surface area contributed by atoms with Crippen LogP contribution in [0.15, 0.2) is 23.0 Å². The lowest BCUT2D eigenvalue weighted by atomic mass is 10.0. The first-order valence-electron chi connectivity index (χ1n) is 7.52. The van der Waals surface area contributed by atoms with E-state index in [9.17, 15) is 0 Å². The Balaban J connectivity index is 2.02. The molecule has 6 nitrogen and oxygen atoms in total. The summed E-state index contributed by atoms with van der Waals surface area (Å²) in [5.74, 6) is 2.20. The second-order valence-electron chi connectivity index (χ2n) is 5.57. The van der Waals surface area contributed by atoms with Crippen molar-refractivity contribution in [2.75, 3.05) is 6.54 Å². The minimum absolute atomic E-state index is 0.356. The maximum atomic E-state index is 5.33. The van der Waals surface area contributed by atoms with Crippen LogP contribution >= 0.6 is 0 Å². The van der Waals surface area contributed by atoms with E-state index in [-0.39, 0.29) is 0 Å². The van der Waals surface area contributed by atoms with Crippen molar-refractivity contribution in [2.45, 2.75) is 46.1 Å². The van der Waals surface area contributed by atoms with Crippen molar-refractivity contribution < 1.29 is 4.52 Å². The monoisotopic (exact) mass is 289 g/mol. The molecular weight excluding hydrogens is 266 g/mol. The van der Waals surface area contributed by atoms with Gasteiger partial charge in [0.1, 0.15) is 0 Å². The van der Waals surface area contributed by atoms with E-state index in [0.717, 1.165) is 25.8 Å². The number of nitrogens with zero attached hydrogens (tertiary/aromatic N) is 4. The number of nitrogens with one attached hydrogen (secondary N) is 1. The predicted octanol–water partition coefficient (Wildman–Crippen LogP) is 2.48. The smallest absolute Gasteiger partial charge is 0.240 e. The zero-order valence-corrected chi connectivity index (χ0v) is 12.9. The largest absolute Gasteiger partial charge is 0.339 e. The Labute approximate surface area is 125 Å². The van der Waals surface area contributed by atoms with E-state index in [2.05, 4.69) is 46.2 Å². The number of hydrogen-bond donors (Lipinski definition) is 1. The summed E-state index contributed by atoms with van der Waals surface area (Å²) < 4.78 is 5.33. The van der Waals surface area contributed by atoms with Crippen LogP contribution in [0.3, 0.4) is 0 Å². The molecule has 0 aliphatic heterocycles. The molecule has 0 aliphatic carbocycles. The van der Waals surface area contributed by atoms with Gasteiger partial charge in [-0.3, -0.25) is 0 Å². The Bertz CT molecular complexity index is 526. The standard InChI is InChI=1S/C15H23N5O/c1-4-6-16-12(9-11(2)3)10-13-19-15(20-21-13)14-17-7-5-8-18-14/h5,7-8,11-12,16H,4,6,9-10H2,1-3H3. The molecule has 0 bridgehead atoms. The second kappa shape index (κ2) is 7.83. The van der Waals surface area contributed by atoms with Gasteiger partial charge in [-0.15, -0.1) is 0 Å². The fourth-order valence-electron chi connectivity index (χ4n) is 2.21. The first kappa shape index (κ1) is 15.6. The lowest BCUT2D eigenvalue weighted by Gasteiger charge is -2.18. The van der Waals surface area contributed by atoms with Crippen molar-refractivity contribution in [3.05, 3.63) is 24.4 Å². The summed E-state index contributed by atoms with van der Waals surface area (Å²) in [5.41, 5.74) is 0. The van der Waals surface area contributed by atoms with Gasteiger partial charge in [0.05, 0.1) is 0 Å². The maximum Gasteiger partial charge on any atom is 0.240 e. The molecule has 0 saturated carbocycles. The van der Waals surface area contributed by atoms with E-state index >= 15 is 0 Å². The van der Waals surface area contributed by atoms with Crippen LogP contribution in [0.25, 0.3) is 11.6 Å². The van der Waals surface area contributed by atoms with Gasteiger partial charge in [-0.25, -0.2) is 9.97 Å². The summed E-state index contributed by atoms with van der Waals surface area (Å²) in [6.45, 7) is 7.60. The lowest BCUT2D eigenvalue weighted by Crippen LogP contribution is -2.33. The Hall–Kier alpha value is -1.82. The molecule has 2 heterocycles. The number of rotatable bonds is 8. The maximum absolute atomic E-state index is 5.33. The average Bonchev–Trinajstić information content (AvgIpc) is 2.93. The fourth-order valence-corrected chi connectivity index (χ4v) is 2.21. The molecule has 0 saturated heterocycles. The molecule has 0 fully saturated rings. The highest BCUT2D eigenvalue weighted by atomic mass is 16.5. The summed E-state index contributed by atoms with van der Waals surface area (Å²) in [6.07, 6.45) is 6.27. The van der Waals surface area contributed by atoms with Gasteiger partial charge in [-0.05, 0) is 31.4 Å². The zero-order chi connectivity index (χ0) is 15.1.